The van der Waals surface area contributed by atoms with Crippen molar-refractivity contribution in [1.29, 1.82) is 0 Å². The molecule has 9 nitrogen and oxygen atoms in total. The van der Waals surface area contributed by atoms with Crippen molar-refractivity contribution in [3.05, 3.63) is 78.4 Å². The number of carbonyl (C=O) groups is 1. The maximum absolute atomic E-state index is 15.0. The van der Waals surface area contributed by atoms with Crippen molar-refractivity contribution >= 4 is 44.3 Å². The fourth-order valence-electron chi connectivity index (χ4n) is 3.63. The molecule has 0 radical (unpaired) electrons. The van der Waals surface area contributed by atoms with Gasteiger partial charge in [-0.1, -0.05) is 30.3 Å². The van der Waals surface area contributed by atoms with Crippen molar-refractivity contribution < 1.29 is 22.9 Å². The van der Waals surface area contributed by atoms with Crippen molar-refractivity contribution in [1.82, 2.24) is 14.7 Å². The quantitative estimate of drug-likeness (QED) is 0.253. The first kappa shape index (κ1) is 24.9. The summed E-state index contributed by atoms with van der Waals surface area (Å²) in [6.07, 6.45) is 2.81. The van der Waals surface area contributed by atoms with Gasteiger partial charge in [-0.3, -0.25) is 9.52 Å². The van der Waals surface area contributed by atoms with E-state index in [9.17, 15) is 13.4 Å². The summed E-state index contributed by atoms with van der Waals surface area (Å²) in [5.41, 5.74) is 1.78. The summed E-state index contributed by atoms with van der Waals surface area (Å²) < 4.78 is 43.7. The third kappa shape index (κ3) is 5.87. The fourth-order valence-corrected chi connectivity index (χ4v) is 4.87. The predicted octanol–water partition coefficient (Wildman–Crippen LogP) is 3.78. The second kappa shape index (κ2) is 10.6. The van der Waals surface area contributed by atoms with Gasteiger partial charge in [0.15, 0.2) is 11.5 Å². The number of fused-ring (bicyclic) bond motifs is 1. The molecule has 36 heavy (non-hydrogen) atoms. The van der Waals surface area contributed by atoms with Crippen LogP contribution in [0.2, 0.25) is 0 Å². The first-order valence-corrected chi connectivity index (χ1v) is 13.1. The summed E-state index contributed by atoms with van der Waals surface area (Å²) in [7, 11) is -0.298. The van der Waals surface area contributed by atoms with Crippen LogP contribution >= 0.6 is 0 Å². The van der Waals surface area contributed by atoms with E-state index < -0.39 is 22.0 Å². The first-order valence-electron chi connectivity index (χ1n) is 10.9. The van der Waals surface area contributed by atoms with E-state index in [1.54, 1.807) is 18.2 Å². The molecule has 0 bridgehead atoms. The molecule has 1 heterocycles. The van der Waals surface area contributed by atoms with Crippen LogP contribution in [0.25, 0.3) is 10.9 Å². The number of amides is 1. The van der Waals surface area contributed by atoms with Gasteiger partial charge >= 0.3 is 0 Å². The van der Waals surface area contributed by atoms with Crippen molar-refractivity contribution in [2.24, 2.45) is 0 Å². The molecule has 11 heteroatoms. The van der Waals surface area contributed by atoms with Crippen LogP contribution in [0.15, 0.2) is 67.0 Å². The summed E-state index contributed by atoms with van der Waals surface area (Å²) in [5, 5.41) is 3.57. The van der Waals surface area contributed by atoms with Gasteiger partial charge in [-0.2, -0.15) is 0 Å². The minimum atomic E-state index is -3.34. The minimum Gasteiger partial charge on any atom is -0.493 e. The number of nitrogens with zero attached hydrogens (tertiary/aromatic N) is 2. The van der Waals surface area contributed by atoms with Crippen LogP contribution in [-0.2, 0) is 21.5 Å². The first-order chi connectivity index (χ1) is 17.3. The lowest BCUT2D eigenvalue weighted by Gasteiger charge is -2.23. The number of nitrogens with one attached hydrogen (secondary N) is 3. The van der Waals surface area contributed by atoms with Crippen molar-refractivity contribution in [2.45, 2.75) is 6.42 Å². The number of benzene rings is 3. The van der Waals surface area contributed by atoms with E-state index in [4.69, 9.17) is 9.47 Å². The summed E-state index contributed by atoms with van der Waals surface area (Å²) in [4.78, 5) is 20.8. The third-order valence-corrected chi connectivity index (χ3v) is 6.61. The van der Waals surface area contributed by atoms with Crippen LogP contribution in [0.3, 0.4) is 0 Å². The molecule has 0 saturated carbocycles. The summed E-state index contributed by atoms with van der Waals surface area (Å²) in [6, 6.07) is 16.7. The molecular formula is C25H26FN5O4S. The number of ether oxygens (including phenoxy) is 2. The highest BCUT2D eigenvalue weighted by atomic mass is 32.3. The van der Waals surface area contributed by atoms with Gasteiger partial charge in [0.25, 0.3) is 0 Å². The second-order valence-electron chi connectivity index (χ2n) is 8.00. The van der Waals surface area contributed by atoms with E-state index in [2.05, 4.69) is 24.7 Å². The molecule has 0 fully saturated rings. The standard InChI is InChI=1S/C25H26FN5O4S/c1-34-22-13-18-21(14-23(22)35-2)27-15-28-25(18)29-20-10-9-17(12-19(20)26)30-36(3,33)31-24(32)11-16-7-5-4-6-8-16/h4-10,12-15,36H,11H2,1-3H3,(H,27,28,29)(H2,30,31,32,33). The van der Waals surface area contributed by atoms with Crippen LogP contribution < -0.4 is 24.2 Å². The number of hydrogen-bond acceptors (Lipinski definition) is 7. The number of methoxy groups -OCH3 is 2. The Morgan fingerprint density at radius 2 is 1.72 bits per heavy atom. The number of halogens is 1. The van der Waals surface area contributed by atoms with E-state index >= 15 is 0 Å². The lowest BCUT2D eigenvalue weighted by atomic mass is 10.1. The normalized spacial score (nSPS) is 11.6. The average molecular weight is 512 g/mol. The molecule has 0 aliphatic rings. The van der Waals surface area contributed by atoms with E-state index in [-0.39, 0.29) is 17.8 Å². The second-order valence-corrected chi connectivity index (χ2v) is 10.3. The molecule has 0 spiro atoms. The Morgan fingerprint density at radius 1 is 1.00 bits per heavy atom. The number of thiol groups is 1. The third-order valence-electron chi connectivity index (χ3n) is 5.25. The zero-order chi connectivity index (χ0) is 25.7. The Labute approximate surface area is 208 Å². The number of carbonyl (C=O) groups excluding carboxylic acids is 1. The van der Waals surface area contributed by atoms with Gasteiger partial charge in [0.05, 0.1) is 31.8 Å². The van der Waals surface area contributed by atoms with Gasteiger partial charge in [0.2, 0.25) is 5.91 Å². The van der Waals surface area contributed by atoms with E-state index in [0.717, 1.165) is 5.56 Å². The van der Waals surface area contributed by atoms with Crippen LogP contribution in [0, 0.1) is 5.82 Å². The van der Waals surface area contributed by atoms with Gasteiger partial charge < -0.3 is 19.5 Å². The van der Waals surface area contributed by atoms with Crippen LogP contribution in [0.4, 0.5) is 21.6 Å². The SMILES string of the molecule is COc1cc2ncnc(Nc3ccc(N[SH](C)(=O)NC(=O)Cc4ccccc4)cc3F)c2cc1OC. The molecule has 0 aliphatic heterocycles. The molecule has 0 aliphatic carbocycles. The van der Waals surface area contributed by atoms with Crippen molar-refractivity contribution in [2.75, 3.05) is 30.5 Å². The summed E-state index contributed by atoms with van der Waals surface area (Å²) in [6.45, 7) is 0. The zero-order valence-electron chi connectivity index (χ0n) is 19.9. The fraction of sp³-hybridized carbons (Fsp3) is 0.160. The van der Waals surface area contributed by atoms with Gasteiger partial charge in [-0.25, -0.2) is 18.6 Å². The van der Waals surface area contributed by atoms with E-state index in [1.165, 1.54) is 38.9 Å². The topological polar surface area (TPSA) is 114 Å². The van der Waals surface area contributed by atoms with Crippen LogP contribution in [0.1, 0.15) is 5.56 Å². The van der Waals surface area contributed by atoms with Gasteiger partial charge in [-0.15, -0.1) is 0 Å². The van der Waals surface area contributed by atoms with Crippen LogP contribution in [0.5, 0.6) is 11.5 Å². The number of hydrogen-bond donors (Lipinski definition) is 4. The maximum atomic E-state index is 15.0. The largest absolute Gasteiger partial charge is 0.493 e. The Kier molecular flexibility index (Phi) is 7.30. The summed E-state index contributed by atoms with van der Waals surface area (Å²) in [5.74, 6) is 0.353. The molecule has 0 unspecified atom stereocenters. The highest BCUT2D eigenvalue weighted by molar-refractivity contribution is 8.02. The number of aromatic nitrogens is 2. The van der Waals surface area contributed by atoms with Crippen molar-refractivity contribution in [3.63, 3.8) is 0 Å². The Hall–Kier alpha value is -4.25. The Balaban J connectivity index is 1.49. The molecule has 4 aromatic rings. The van der Waals surface area contributed by atoms with E-state index in [0.29, 0.717) is 28.2 Å². The molecule has 3 N–H and O–H groups in total. The highest BCUT2D eigenvalue weighted by Gasteiger charge is 2.15. The van der Waals surface area contributed by atoms with Crippen molar-refractivity contribution in [3.8, 4) is 11.5 Å². The Bertz CT molecular complexity index is 1450. The lowest BCUT2D eigenvalue weighted by Crippen LogP contribution is -2.41. The average Bonchev–Trinajstić information content (AvgIpc) is 2.84. The number of rotatable bonds is 9. The predicted molar refractivity (Wildman–Crippen MR) is 140 cm³/mol. The number of anilines is 3. The molecule has 1 aromatic heterocycles. The van der Waals surface area contributed by atoms with Gasteiger partial charge in [0, 0.05) is 39.8 Å². The molecule has 0 atom stereocenters. The molecular weight excluding hydrogens is 485 g/mol. The Morgan fingerprint density at radius 3 is 2.42 bits per heavy atom. The minimum absolute atomic E-state index is 0.0844. The molecule has 188 valence electrons. The molecule has 3 aromatic carbocycles. The molecule has 0 saturated heterocycles. The highest BCUT2D eigenvalue weighted by Crippen LogP contribution is 2.35. The summed E-state index contributed by atoms with van der Waals surface area (Å²) >= 11 is 0. The zero-order valence-corrected chi connectivity index (χ0v) is 20.8. The van der Waals surface area contributed by atoms with Gasteiger partial charge in [0.1, 0.15) is 18.0 Å². The van der Waals surface area contributed by atoms with Crippen LogP contribution in [-0.4, -0.2) is 40.6 Å². The lowest BCUT2D eigenvalue weighted by molar-refractivity contribution is -0.118. The smallest absolute Gasteiger partial charge is 0.235 e. The van der Waals surface area contributed by atoms with E-state index in [1.807, 2.05) is 30.3 Å². The molecule has 1 amide bonds. The maximum Gasteiger partial charge on any atom is 0.235 e. The molecule has 4 rings (SSSR count). The van der Waals surface area contributed by atoms with Gasteiger partial charge in [-0.05, 0) is 23.8 Å². The monoisotopic (exact) mass is 511 g/mol.